The van der Waals surface area contributed by atoms with Crippen LogP contribution in [0.15, 0.2) is 33.5 Å². The van der Waals surface area contributed by atoms with Crippen molar-refractivity contribution in [3.8, 4) is 45.8 Å². The highest BCUT2D eigenvalue weighted by Crippen LogP contribution is 2.45. The smallest absolute Gasteiger partial charge is 0.239 e. The summed E-state index contributed by atoms with van der Waals surface area (Å²) >= 11 is 0. The summed E-state index contributed by atoms with van der Waals surface area (Å²) in [4.78, 5) is 13.6. The summed E-state index contributed by atoms with van der Waals surface area (Å²) in [6.07, 6.45) is -8.19. The summed E-state index contributed by atoms with van der Waals surface area (Å²) < 4.78 is 32.6. The molecule has 5 unspecified atom stereocenters. The van der Waals surface area contributed by atoms with Gasteiger partial charge < -0.3 is 58.7 Å². The number of hydrogen-bond donors (Lipinski definition) is 6. The minimum atomic E-state index is -1.81. The van der Waals surface area contributed by atoms with E-state index in [9.17, 15) is 35.4 Å². The van der Waals surface area contributed by atoms with Crippen LogP contribution in [0, 0.1) is 0 Å². The summed E-state index contributed by atoms with van der Waals surface area (Å²) in [7, 11) is 3.77. The molecule has 200 valence electrons. The van der Waals surface area contributed by atoms with E-state index < -0.39 is 54.2 Å². The van der Waals surface area contributed by atoms with E-state index in [4.69, 9.17) is 28.1 Å². The Balaban J connectivity index is 1.93. The molecule has 1 saturated heterocycles. The molecule has 4 rings (SSSR count). The molecule has 0 spiro atoms. The predicted molar refractivity (Wildman–Crippen MR) is 125 cm³/mol. The van der Waals surface area contributed by atoms with Gasteiger partial charge in [-0.3, -0.25) is 4.79 Å². The maximum atomic E-state index is 13.6. The average molecular weight is 522 g/mol. The molecule has 6 N–H and O–H groups in total. The van der Waals surface area contributed by atoms with Crippen LogP contribution >= 0.6 is 0 Å². The normalized spacial score (nSPS) is 23.6. The third-order valence-corrected chi connectivity index (χ3v) is 5.96. The van der Waals surface area contributed by atoms with Crippen LogP contribution in [0.4, 0.5) is 0 Å². The van der Waals surface area contributed by atoms with Crippen LogP contribution in [-0.4, -0.2) is 89.3 Å². The Morgan fingerprint density at radius 3 is 2.19 bits per heavy atom. The molecule has 1 fully saturated rings. The number of rotatable bonds is 7. The first-order valence-electron chi connectivity index (χ1n) is 11.0. The largest absolute Gasteiger partial charge is 0.504 e. The van der Waals surface area contributed by atoms with E-state index in [2.05, 4.69) is 0 Å². The number of phenols is 2. The second kappa shape index (κ2) is 10.3. The lowest BCUT2D eigenvalue weighted by Crippen LogP contribution is -2.60. The van der Waals surface area contributed by atoms with Gasteiger partial charge in [-0.25, -0.2) is 0 Å². The number of aliphatic hydroxyl groups is 4. The third kappa shape index (κ3) is 4.47. The highest BCUT2D eigenvalue weighted by molar-refractivity contribution is 5.91. The Hall–Kier alpha value is -3.75. The maximum Gasteiger partial charge on any atom is 0.239 e. The molecule has 0 aliphatic carbocycles. The van der Waals surface area contributed by atoms with Crippen molar-refractivity contribution in [1.29, 1.82) is 0 Å². The van der Waals surface area contributed by atoms with E-state index in [1.165, 1.54) is 39.5 Å². The summed E-state index contributed by atoms with van der Waals surface area (Å²) in [5.74, 6) is -1.61. The van der Waals surface area contributed by atoms with Gasteiger partial charge in [0.15, 0.2) is 28.8 Å². The fourth-order valence-electron chi connectivity index (χ4n) is 4.06. The van der Waals surface area contributed by atoms with Gasteiger partial charge in [-0.05, 0) is 18.2 Å². The molecule has 0 radical (unpaired) electrons. The molecule has 13 heteroatoms. The van der Waals surface area contributed by atoms with Crippen molar-refractivity contribution >= 4 is 11.0 Å². The van der Waals surface area contributed by atoms with Crippen LogP contribution in [-0.2, 0) is 4.74 Å². The van der Waals surface area contributed by atoms with Gasteiger partial charge in [0, 0.05) is 11.6 Å². The van der Waals surface area contributed by atoms with Crippen LogP contribution in [0.5, 0.6) is 34.5 Å². The van der Waals surface area contributed by atoms with Gasteiger partial charge in [0.05, 0.1) is 27.9 Å². The molecule has 5 atom stereocenters. The minimum Gasteiger partial charge on any atom is -0.504 e. The van der Waals surface area contributed by atoms with E-state index in [1.807, 2.05) is 0 Å². The van der Waals surface area contributed by atoms with E-state index in [0.29, 0.717) is 5.56 Å². The van der Waals surface area contributed by atoms with Crippen molar-refractivity contribution in [2.24, 2.45) is 0 Å². The number of ether oxygens (including phenoxy) is 5. The zero-order chi connectivity index (χ0) is 27.0. The van der Waals surface area contributed by atoms with Crippen LogP contribution in [0.25, 0.3) is 22.3 Å². The first-order chi connectivity index (χ1) is 17.7. The van der Waals surface area contributed by atoms with Crippen LogP contribution < -0.4 is 24.4 Å². The lowest BCUT2D eigenvalue weighted by Gasteiger charge is -2.39. The zero-order valence-corrected chi connectivity index (χ0v) is 19.9. The molecule has 37 heavy (non-hydrogen) atoms. The number of hydrogen-bond acceptors (Lipinski definition) is 13. The van der Waals surface area contributed by atoms with Gasteiger partial charge in [0.1, 0.15) is 35.4 Å². The Kier molecular flexibility index (Phi) is 7.34. The molecule has 1 aliphatic rings. The molecule has 0 amide bonds. The van der Waals surface area contributed by atoms with Crippen LogP contribution in [0.1, 0.15) is 0 Å². The Morgan fingerprint density at radius 1 is 0.865 bits per heavy atom. The van der Waals surface area contributed by atoms with Crippen molar-refractivity contribution in [3.05, 3.63) is 34.5 Å². The predicted octanol–water partition coefficient (Wildman–Crippen LogP) is 0.0757. The number of benzene rings is 2. The minimum absolute atomic E-state index is 0.0540. The zero-order valence-electron chi connectivity index (χ0n) is 19.9. The fraction of sp³-hybridized carbons (Fsp3) is 0.375. The molecular formula is C24H26O13. The molecule has 13 nitrogen and oxygen atoms in total. The second-order valence-electron chi connectivity index (χ2n) is 8.13. The van der Waals surface area contributed by atoms with Crippen molar-refractivity contribution in [1.82, 2.24) is 0 Å². The Morgan fingerprint density at radius 2 is 1.57 bits per heavy atom. The van der Waals surface area contributed by atoms with E-state index >= 15 is 0 Å². The van der Waals surface area contributed by atoms with E-state index in [0.717, 1.165) is 6.07 Å². The first kappa shape index (κ1) is 26.3. The lowest BCUT2D eigenvalue weighted by atomic mass is 9.99. The van der Waals surface area contributed by atoms with Gasteiger partial charge in [-0.15, -0.1) is 0 Å². The van der Waals surface area contributed by atoms with Crippen molar-refractivity contribution in [2.45, 2.75) is 30.7 Å². The molecule has 1 aliphatic heterocycles. The van der Waals surface area contributed by atoms with E-state index in [-0.39, 0.29) is 39.7 Å². The summed E-state index contributed by atoms with van der Waals surface area (Å²) in [5, 5.41) is 60.3. The Labute approximate surface area is 209 Å². The van der Waals surface area contributed by atoms with Crippen LogP contribution in [0.2, 0.25) is 0 Å². The molecule has 2 heterocycles. The van der Waals surface area contributed by atoms with Crippen LogP contribution in [0.3, 0.4) is 0 Å². The van der Waals surface area contributed by atoms with Gasteiger partial charge in [-0.2, -0.15) is 0 Å². The van der Waals surface area contributed by atoms with Gasteiger partial charge in [0.25, 0.3) is 0 Å². The number of methoxy groups -OCH3 is 3. The summed E-state index contributed by atoms with van der Waals surface area (Å²) in [5.41, 5.74) is -0.633. The molecular weight excluding hydrogens is 496 g/mol. The number of aliphatic hydroxyl groups excluding tert-OH is 4. The quantitative estimate of drug-likeness (QED) is 0.244. The lowest BCUT2D eigenvalue weighted by molar-refractivity contribution is -0.277. The number of aromatic hydroxyl groups is 2. The van der Waals surface area contributed by atoms with Gasteiger partial charge in [0.2, 0.25) is 23.2 Å². The van der Waals surface area contributed by atoms with Crippen molar-refractivity contribution in [3.63, 3.8) is 0 Å². The molecule has 0 saturated carbocycles. The highest BCUT2D eigenvalue weighted by Gasteiger charge is 2.45. The summed E-state index contributed by atoms with van der Waals surface area (Å²) in [6.45, 7) is -0.710. The monoisotopic (exact) mass is 522 g/mol. The maximum absolute atomic E-state index is 13.6. The molecule has 1 aromatic heterocycles. The second-order valence-corrected chi connectivity index (χ2v) is 8.13. The number of phenolic OH excluding ortho intramolecular Hbond substituents is 2. The van der Waals surface area contributed by atoms with Crippen molar-refractivity contribution < 1.29 is 58.7 Å². The topological polar surface area (TPSA) is 198 Å². The highest BCUT2D eigenvalue weighted by atomic mass is 16.7. The van der Waals surface area contributed by atoms with Gasteiger partial charge in [-0.1, -0.05) is 0 Å². The summed E-state index contributed by atoms with van der Waals surface area (Å²) in [6, 6.07) is 5.31. The molecule has 0 bridgehead atoms. The number of fused-ring (bicyclic) bond motifs is 1. The third-order valence-electron chi connectivity index (χ3n) is 5.96. The fourth-order valence-corrected chi connectivity index (χ4v) is 4.06. The van der Waals surface area contributed by atoms with Gasteiger partial charge >= 0.3 is 0 Å². The first-order valence-corrected chi connectivity index (χ1v) is 11.0. The molecule has 3 aromatic rings. The van der Waals surface area contributed by atoms with Crippen molar-refractivity contribution in [2.75, 3.05) is 27.9 Å². The average Bonchev–Trinajstić information content (AvgIpc) is 2.88. The Bertz CT molecular complexity index is 1350. The standard InChI is InChI=1S/C24H26O13/c1-32-12-6-9(4-5-10(12)26)20-23(34-3)17(29)15-13(35-20)7-11(27)21(33-2)22(15)37-24-19(31)18(30)16(28)14(8-25)36-24/h4-7,14,16,18-19,24-28,30-31H,8H2,1-3H3. The SMILES string of the molecule is COc1cc(-c2oc3cc(O)c(OC)c(OC4OC(CO)C(O)C(O)C4O)c3c(=O)c2OC)ccc1O. The van der Waals surface area contributed by atoms with E-state index in [1.54, 1.807) is 0 Å². The molecule has 2 aromatic carbocycles.